The number of pyridine rings is 4. The van der Waals surface area contributed by atoms with Crippen LogP contribution in [0.4, 0.5) is 0 Å². The van der Waals surface area contributed by atoms with Crippen molar-refractivity contribution < 1.29 is 49.0 Å². The van der Waals surface area contributed by atoms with Crippen molar-refractivity contribution in [1.82, 2.24) is 30.6 Å². The first-order valence-corrected chi connectivity index (χ1v) is 23.3. The molecule has 70 heavy (non-hydrogen) atoms. The molecule has 362 valence electrons. The van der Waals surface area contributed by atoms with Crippen LogP contribution in [0.3, 0.4) is 0 Å². The quantitative estimate of drug-likeness (QED) is 0.0337. The minimum absolute atomic E-state index is 0.0210. The predicted molar refractivity (Wildman–Crippen MR) is 260 cm³/mol. The van der Waals surface area contributed by atoms with Crippen LogP contribution in [-0.2, 0) is 49.1 Å². The molecule has 0 amide bonds. The van der Waals surface area contributed by atoms with Crippen LogP contribution in [0.2, 0.25) is 0 Å². The molecule has 0 fully saturated rings. The number of nitriles is 2. The second-order valence-electron chi connectivity index (χ2n) is 16.0. The summed E-state index contributed by atoms with van der Waals surface area (Å²) in [6, 6.07) is 22.9. The molecule has 0 aliphatic rings. The number of carboxylic acids is 2. The number of aliphatic carboxylic acids is 2. The maximum atomic E-state index is 11.1. The van der Waals surface area contributed by atoms with E-state index >= 15 is 0 Å². The number of carbonyl (C=O) groups is 2. The molecular weight excluding hydrogens is 1030 g/mol. The molecule has 0 saturated heterocycles. The number of aromatic nitrogens is 4. The van der Waals surface area contributed by atoms with Crippen molar-refractivity contribution in [1.29, 1.82) is 10.5 Å². The summed E-state index contributed by atoms with van der Waals surface area (Å²) in [7, 11) is 0. The summed E-state index contributed by atoms with van der Waals surface area (Å²) in [6.07, 6.45) is 3.06. The van der Waals surface area contributed by atoms with E-state index in [9.17, 15) is 30.3 Å². The molecule has 0 bridgehead atoms. The average Bonchev–Trinajstić information content (AvgIpc) is 3.33. The lowest BCUT2D eigenvalue weighted by atomic mass is 9.92. The monoisotopic (exact) mass is 1080 g/mol. The minimum Gasteiger partial charge on any atom is -0.481 e. The maximum Gasteiger partial charge on any atom is 0.306 e. The summed E-state index contributed by atoms with van der Waals surface area (Å²) in [5, 5.41) is 63.1. The standard InChI is InChI=1S/C50H48Br2N8O10/c1-29-35(27-69-49-43(51)11-37(21-57-23-39(61)13-45(63)64)47(59-49)67-25-33-9-31(15-53)17-55-19-33)5-3-7-41(29)42-8-4-6-36(30(42)2)28-70-50-44(52)12-38(22-58-24-40(62)14-46(65)66)48(60-50)68-26-34-10-32(16-54)18-56-20-34/h3-12,17-20,39-40,57-58,61-62H,13-14,21-28H2,1-2H3,(H,63,64)(H,65,66)/t39-,40-/m1/s1. The zero-order valence-corrected chi connectivity index (χ0v) is 41.2. The fraction of sp³-hybridized carbons (Fsp3) is 0.280. The van der Waals surface area contributed by atoms with Crippen molar-refractivity contribution in [2.75, 3.05) is 13.1 Å². The lowest BCUT2D eigenvalue weighted by Crippen LogP contribution is -2.28. The first-order chi connectivity index (χ1) is 33.7. The fourth-order valence-corrected chi connectivity index (χ4v) is 8.06. The predicted octanol–water partition coefficient (Wildman–Crippen LogP) is 6.99. The highest BCUT2D eigenvalue weighted by atomic mass is 79.9. The number of nitrogens with one attached hydrogen (secondary N) is 2. The molecule has 2 aromatic carbocycles. The Morgan fingerprint density at radius 1 is 0.600 bits per heavy atom. The van der Waals surface area contributed by atoms with Crippen LogP contribution in [-0.4, -0.2) is 77.6 Å². The molecule has 0 unspecified atom stereocenters. The summed E-state index contributed by atoms with van der Waals surface area (Å²) in [5.41, 5.74) is 8.96. The molecule has 6 rings (SSSR count). The molecule has 18 nitrogen and oxygen atoms in total. The van der Waals surface area contributed by atoms with Crippen molar-refractivity contribution >= 4 is 43.8 Å². The van der Waals surface area contributed by atoms with Crippen LogP contribution in [0, 0.1) is 36.5 Å². The normalized spacial score (nSPS) is 11.8. The largest absolute Gasteiger partial charge is 0.481 e. The summed E-state index contributed by atoms with van der Waals surface area (Å²) in [5.74, 6) is -1.26. The van der Waals surface area contributed by atoms with Crippen LogP contribution in [0.15, 0.2) is 94.4 Å². The van der Waals surface area contributed by atoms with Crippen LogP contribution < -0.4 is 29.6 Å². The van der Waals surface area contributed by atoms with E-state index < -0.39 is 37.0 Å². The number of hydrogen-bond acceptors (Lipinski definition) is 16. The van der Waals surface area contributed by atoms with Gasteiger partial charge in [-0.15, -0.1) is 0 Å². The van der Waals surface area contributed by atoms with Gasteiger partial charge in [0.05, 0.1) is 45.1 Å². The van der Waals surface area contributed by atoms with Gasteiger partial charge in [-0.2, -0.15) is 20.5 Å². The second kappa shape index (κ2) is 25.5. The number of halogens is 2. The third-order valence-corrected chi connectivity index (χ3v) is 11.8. The number of ether oxygens (including phenoxy) is 4. The molecule has 4 aromatic heterocycles. The van der Waals surface area contributed by atoms with Crippen molar-refractivity contribution in [2.24, 2.45) is 0 Å². The molecule has 6 aromatic rings. The van der Waals surface area contributed by atoms with E-state index in [0.29, 0.717) is 42.3 Å². The Balaban J connectivity index is 1.18. The van der Waals surface area contributed by atoms with E-state index in [2.05, 4.69) is 64.6 Å². The highest BCUT2D eigenvalue weighted by Gasteiger charge is 2.19. The smallest absolute Gasteiger partial charge is 0.306 e. The number of aliphatic hydroxyl groups excluding tert-OH is 2. The summed E-state index contributed by atoms with van der Waals surface area (Å²) in [4.78, 5) is 39.7. The van der Waals surface area contributed by atoms with Gasteiger partial charge in [0.2, 0.25) is 23.5 Å². The van der Waals surface area contributed by atoms with Crippen LogP contribution >= 0.6 is 31.9 Å². The minimum atomic E-state index is -1.11. The molecule has 0 aliphatic heterocycles. The van der Waals surface area contributed by atoms with Crippen LogP contribution in [0.25, 0.3) is 11.1 Å². The highest BCUT2D eigenvalue weighted by molar-refractivity contribution is 9.10. The SMILES string of the molecule is Cc1c(COc2nc(OCc3cncc(C#N)c3)c(CNC[C@H](O)CC(=O)O)cc2Br)cccc1-c1cccc(COc2nc(OCc3cncc(C#N)c3)c(CNC[C@H](O)CC(=O)O)cc2Br)c1C. The zero-order valence-electron chi connectivity index (χ0n) is 38.0. The second-order valence-corrected chi connectivity index (χ2v) is 17.7. The first-order valence-electron chi connectivity index (χ1n) is 21.7. The Morgan fingerprint density at radius 2 is 1.00 bits per heavy atom. The topological polar surface area (TPSA) is 275 Å². The molecule has 0 radical (unpaired) electrons. The Labute approximate surface area is 420 Å². The lowest BCUT2D eigenvalue weighted by molar-refractivity contribution is -0.140. The van der Waals surface area contributed by atoms with E-state index in [-0.39, 0.29) is 76.1 Å². The number of rotatable bonds is 25. The van der Waals surface area contributed by atoms with Gasteiger partial charge < -0.3 is 50.0 Å². The number of benzene rings is 2. The van der Waals surface area contributed by atoms with Gasteiger partial charge in [0.25, 0.3) is 0 Å². The lowest BCUT2D eigenvalue weighted by Gasteiger charge is -2.18. The molecule has 0 saturated carbocycles. The van der Waals surface area contributed by atoms with Crippen molar-refractivity contribution in [3.8, 4) is 46.8 Å². The Morgan fingerprint density at radius 3 is 1.39 bits per heavy atom. The van der Waals surface area contributed by atoms with Gasteiger partial charge >= 0.3 is 11.9 Å². The van der Waals surface area contributed by atoms with Gasteiger partial charge in [0.1, 0.15) is 38.6 Å². The molecule has 2 atom stereocenters. The first kappa shape index (κ1) is 52.3. The van der Waals surface area contributed by atoms with Gasteiger partial charge in [-0.3, -0.25) is 19.6 Å². The van der Waals surface area contributed by atoms with Gasteiger partial charge in [-0.1, -0.05) is 36.4 Å². The Hall–Kier alpha value is -7.04. The summed E-state index contributed by atoms with van der Waals surface area (Å²) < 4.78 is 26.0. The van der Waals surface area contributed by atoms with E-state index in [4.69, 9.17) is 39.1 Å². The van der Waals surface area contributed by atoms with Crippen molar-refractivity contribution in [3.05, 3.63) is 150 Å². The number of nitrogens with zero attached hydrogens (tertiary/aromatic N) is 6. The number of carboxylic acid groups (broad SMARTS) is 2. The van der Waals surface area contributed by atoms with E-state index in [0.717, 1.165) is 33.4 Å². The molecule has 6 N–H and O–H groups in total. The molecular formula is C50H48Br2N8O10. The summed E-state index contributed by atoms with van der Waals surface area (Å²) in [6.45, 7) is 4.86. The summed E-state index contributed by atoms with van der Waals surface area (Å²) >= 11 is 7.17. The van der Waals surface area contributed by atoms with Crippen molar-refractivity contribution in [2.45, 2.75) is 78.4 Å². The third kappa shape index (κ3) is 15.0. The van der Waals surface area contributed by atoms with E-state index in [1.165, 1.54) is 12.4 Å². The molecule has 20 heteroatoms. The van der Waals surface area contributed by atoms with Crippen molar-refractivity contribution in [3.63, 3.8) is 0 Å². The number of hydrogen-bond donors (Lipinski definition) is 6. The fourth-order valence-electron chi connectivity index (χ4n) is 7.10. The van der Waals surface area contributed by atoms with E-state index in [1.54, 1.807) is 36.7 Å². The maximum absolute atomic E-state index is 11.1. The van der Waals surface area contributed by atoms with Gasteiger partial charge in [0.15, 0.2) is 0 Å². The number of aliphatic hydroxyl groups is 2. The average molecular weight is 1080 g/mol. The van der Waals surface area contributed by atoms with Crippen LogP contribution in [0.5, 0.6) is 23.5 Å². The van der Waals surface area contributed by atoms with Crippen LogP contribution in [0.1, 0.15) is 68.5 Å². The molecule has 4 heterocycles. The van der Waals surface area contributed by atoms with E-state index in [1.807, 2.05) is 50.2 Å². The molecule has 0 spiro atoms. The molecule has 0 aliphatic carbocycles. The zero-order chi connectivity index (χ0) is 50.2. The Bertz CT molecular complexity index is 2720. The van der Waals surface area contributed by atoms with Gasteiger partial charge in [0, 0.05) is 73.2 Å². The highest BCUT2D eigenvalue weighted by Crippen LogP contribution is 2.35. The van der Waals surface area contributed by atoms with Gasteiger partial charge in [-0.05, 0) is 103 Å². The van der Waals surface area contributed by atoms with Gasteiger partial charge in [-0.25, -0.2) is 0 Å². The Kier molecular flexibility index (Phi) is 19.1. The third-order valence-electron chi connectivity index (χ3n) is 10.7.